The van der Waals surface area contributed by atoms with Gasteiger partial charge in [0.15, 0.2) is 0 Å². The second kappa shape index (κ2) is 4.69. The Labute approximate surface area is 98.4 Å². The first-order valence-corrected chi connectivity index (χ1v) is 5.03. The number of H-pyrrole nitrogens is 1. The maximum absolute atomic E-state index is 11.6. The van der Waals surface area contributed by atoms with Gasteiger partial charge in [0.25, 0.3) is 0 Å². The summed E-state index contributed by atoms with van der Waals surface area (Å²) < 4.78 is 9.98. The second-order valence-electron chi connectivity index (χ2n) is 3.35. The van der Waals surface area contributed by atoms with Crippen LogP contribution in [-0.2, 0) is 4.74 Å². The zero-order valence-electron chi connectivity index (χ0n) is 9.56. The van der Waals surface area contributed by atoms with Crippen LogP contribution in [0.5, 0.6) is 5.75 Å². The van der Waals surface area contributed by atoms with Crippen LogP contribution in [0, 0.1) is 0 Å². The van der Waals surface area contributed by atoms with E-state index in [0.717, 1.165) is 11.3 Å². The van der Waals surface area contributed by atoms with E-state index in [1.54, 1.807) is 24.4 Å². The van der Waals surface area contributed by atoms with Crippen molar-refractivity contribution in [1.29, 1.82) is 0 Å². The van der Waals surface area contributed by atoms with Crippen molar-refractivity contribution in [3.8, 4) is 17.0 Å². The number of carbonyl (C=O) groups is 1. The van der Waals surface area contributed by atoms with Crippen molar-refractivity contribution >= 4 is 5.97 Å². The summed E-state index contributed by atoms with van der Waals surface area (Å²) in [5.74, 6) is 0.0480. The summed E-state index contributed by atoms with van der Waals surface area (Å²) in [5, 5.41) is 6.70. The first-order valence-electron chi connectivity index (χ1n) is 5.03. The minimum Gasteiger partial charge on any atom is -0.495 e. The van der Waals surface area contributed by atoms with E-state index in [2.05, 4.69) is 10.2 Å². The van der Waals surface area contributed by atoms with Gasteiger partial charge in [0, 0.05) is 11.8 Å². The highest BCUT2D eigenvalue weighted by atomic mass is 16.5. The summed E-state index contributed by atoms with van der Waals surface area (Å²) in [7, 11) is 2.85. The number of nitrogens with one attached hydrogen (secondary N) is 1. The molecule has 1 heterocycles. The number of methoxy groups -OCH3 is 2. The van der Waals surface area contributed by atoms with E-state index in [4.69, 9.17) is 9.47 Å². The Bertz CT molecular complexity index is 521. The predicted molar refractivity (Wildman–Crippen MR) is 61.9 cm³/mol. The molecule has 17 heavy (non-hydrogen) atoms. The fraction of sp³-hybridized carbons (Fsp3) is 0.167. The van der Waals surface area contributed by atoms with E-state index < -0.39 is 5.97 Å². The van der Waals surface area contributed by atoms with Gasteiger partial charge in [-0.1, -0.05) is 6.07 Å². The summed E-state index contributed by atoms with van der Waals surface area (Å²) in [4.78, 5) is 11.6. The van der Waals surface area contributed by atoms with Crippen LogP contribution < -0.4 is 4.74 Å². The third-order valence-corrected chi connectivity index (χ3v) is 2.42. The van der Waals surface area contributed by atoms with Gasteiger partial charge in [-0.3, -0.25) is 5.10 Å². The number of para-hydroxylation sites is 1. The molecular weight excluding hydrogens is 220 g/mol. The highest BCUT2D eigenvalue weighted by Gasteiger charge is 2.17. The molecule has 1 aromatic heterocycles. The molecule has 0 unspecified atom stereocenters. The number of aromatic nitrogens is 2. The Hall–Kier alpha value is -2.30. The molecule has 88 valence electrons. The molecule has 5 nitrogen and oxygen atoms in total. The van der Waals surface area contributed by atoms with Gasteiger partial charge in [-0.2, -0.15) is 5.10 Å². The molecule has 1 N–H and O–H groups in total. The highest BCUT2D eigenvalue weighted by Crippen LogP contribution is 2.32. The molecule has 0 atom stereocenters. The summed E-state index contributed by atoms with van der Waals surface area (Å²) in [6.45, 7) is 0. The molecule has 5 heteroatoms. The molecule has 1 aromatic carbocycles. The lowest BCUT2D eigenvalue weighted by Gasteiger charge is -2.10. The van der Waals surface area contributed by atoms with Crippen LogP contribution in [0.25, 0.3) is 11.3 Å². The topological polar surface area (TPSA) is 64.2 Å². The van der Waals surface area contributed by atoms with E-state index in [9.17, 15) is 4.79 Å². The SMILES string of the molecule is COC(=O)c1cccc(-c2ccn[nH]2)c1OC. The van der Waals surface area contributed by atoms with E-state index in [1.807, 2.05) is 6.07 Å². The summed E-state index contributed by atoms with van der Waals surface area (Å²) in [6, 6.07) is 7.08. The van der Waals surface area contributed by atoms with Crippen molar-refractivity contribution in [1.82, 2.24) is 10.2 Å². The van der Waals surface area contributed by atoms with Gasteiger partial charge in [-0.05, 0) is 18.2 Å². The monoisotopic (exact) mass is 232 g/mol. The zero-order chi connectivity index (χ0) is 12.3. The van der Waals surface area contributed by atoms with E-state index in [1.165, 1.54) is 14.2 Å². The molecule has 0 saturated heterocycles. The Kier molecular flexibility index (Phi) is 3.09. The van der Waals surface area contributed by atoms with Crippen LogP contribution in [-0.4, -0.2) is 30.4 Å². The molecule has 0 fully saturated rings. The van der Waals surface area contributed by atoms with Crippen LogP contribution in [0.3, 0.4) is 0 Å². The molecule has 0 radical (unpaired) electrons. The lowest BCUT2D eigenvalue weighted by atomic mass is 10.1. The van der Waals surface area contributed by atoms with Crippen molar-refractivity contribution in [2.75, 3.05) is 14.2 Å². The second-order valence-corrected chi connectivity index (χ2v) is 3.35. The molecule has 2 rings (SSSR count). The van der Waals surface area contributed by atoms with Gasteiger partial charge in [0.05, 0.1) is 19.9 Å². The average Bonchev–Trinajstić information content (AvgIpc) is 2.90. The first-order chi connectivity index (χ1) is 8.27. The van der Waals surface area contributed by atoms with Crippen LogP contribution in [0.15, 0.2) is 30.5 Å². The van der Waals surface area contributed by atoms with Crippen LogP contribution in [0.1, 0.15) is 10.4 Å². The number of esters is 1. The normalized spacial score (nSPS) is 10.0. The lowest BCUT2D eigenvalue weighted by Crippen LogP contribution is -2.05. The number of rotatable bonds is 3. The minimum atomic E-state index is -0.428. The Morgan fingerprint density at radius 1 is 1.29 bits per heavy atom. The first kappa shape index (κ1) is 11.2. The fourth-order valence-corrected chi connectivity index (χ4v) is 1.65. The number of nitrogens with zero attached hydrogens (tertiary/aromatic N) is 1. The number of ether oxygens (including phenoxy) is 2. The highest BCUT2D eigenvalue weighted by molar-refractivity contribution is 5.95. The molecule has 0 aliphatic heterocycles. The Morgan fingerprint density at radius 2 is 2.12 bits per heavy atom. The van der Waals surface area contributed by atoms with Crippen molar-refractivity contribution in [3.63, 3.8) is 0 Å². The molecule has 0 aliphatic carbocycles. The smallest absolute Gasteiger partial charge is 0.341 e. The molecule has 0 spiro atoms. The van der Waals surface area contributed by atoms with Gasteiger partial charge in [0.1, 0.15) is 11.3 Å². The zero-order valence-corrected chi connectivity index (χ0v) is 9.56. The lowest BCUT2D eigenvalue weighted by molar-refractivity contribution is 0.0597. The quantitative estimate of drug-likeness (QED) is 0.820. The third kappa shape index (κ3) is 1.99. The number of hydrogen-bond acceptors (Lipinski definition) is 4. The average molecular weight is 232 g/mol. The van der Waals surface area contributed by atoms with Gasteiger partial charge in [-0.25, -0.2) is 4.79 Å². The number of benzene rings is 1. The Balaban J connectivity index is 2.58. The van der Waals surface area contributed by atoms with Gasteiger partial charge in [-0.15, -0.1) is 0 Å². The molecule has 0 saturated carbocycles. The van der Waals surface area contributed by atoms with Crippen molar-refractivity contribution in [2.24, 2.45) is 0 Å². The molecule has 0 amide bonds. The number of aromatic amines is 1. The number of hydrogen-bond donors (Lipinski definition) is 1. The molecule has 0 bridgehead atoms. The van der Waals surface area contributed by atoms with Gasteiger partial charge >= 0.3 is 5.97 Å². The maximum atomic E-state index is 11.6. The Morgan fingerprint density at radius 3 is 2.71 bits per heavy atom. The third-order valence-electron chi connectivity index (χ3n) is 2.42. The molecular formula is C12H12N2O3. The van der Waals surface area contributed by atoms with Crippen molar-refractivity contribution in [3.05, 3.63) is 36.0 Å². The van der Waals surface area contributed by atoms with Gasteiger partial charge in [0.2, 0.25) is 0 Å². The summed E-state index contributed by atoms with van der Waals surface area (Å²) >= 11 is 0. The van der Waals surface area contributed by atoms with Crippen LogP contribution >= 0.6 is 0 Å². The van der Waals surface area contributed by atoms with Gasteiger partial charge < -0.3 is 9.47 Å². The maximum Gasteiger partial charge on any atom is 0.341 e. The molecule has 0 aliphatic rings. The summed E-state index contributed by atoms with van der Waals surface area (Å²) in [5.41, 5.74) is 1.95. The number of carbonyl (C=O) groups excluding carboxylic acids is 1. The van der Waals surface area contributed by atoms with Crippen LogP contribution in [0.4, 0.5) is 0 Å². The van der Waals surface area contributed by atoms with E-state index in [-0.39, 0.29) is 0 Å². The standard InChI is InChI=1S/C12H12N2O3/c1-16-11-8(10-6-7-13-14-10)4-3-5-9(11)12(15)17-2/h3-7H,1-2H3,(H,13,14). The largest absolute Gasteiger partial charge is 0.495 e. The van der Waals surface area contributed by atoms with Crippen LogP contribution in [0.2, 0.25) is 0 Å². The van der Waals surface area contributed by atoms with E-state index >= 15 is 0 Å². The van der Waals surface area contributed by atoms with E-state index in [0.29, 0.717) is 11.3 Å². The van der Waals surface area contributed by atoms with Crippen molar-refractivity contribution in [2.45, 2.75) is 0 Å². The van der Waals surface area contributed by atoms with Crippen molar-refractivity contribution < 1.29 is 14.3 Å². The minimum absolute atomic E-state index is 0.391. The predicted octanol–water partition coefficient (Wildman–Crippen LogP) is 1.87. The fourth-order valence-electron chi connectivity index (χ4n) is 1.65. The molecule has 2 aromatic rings. The summed E-state index contributed by atoms with van der Waals surface area (Å²) in [6.07, 6.45) is 1.64.